The quantitative estimate of drug-likeness (QED) is 0.0684. The van der Waals surface area contributed by atoms with Gasteiger partial charge in [0.05, 0.1) is 18.8 Å². The summed E-state index contributed by atoms with van der Waals surface area (Å²) >= 11 is 0. The van der Waals surface area contributed by atoms with Gasteiger partial charge in [-0.15, -0.1) is 0 Å². The topological polar surface area (TPSA) is 138 Å². The molecule has 0 spiro atoms. The van der Waals surface area contributed by atoms with E-state index in [1.54, 1.807) is 18.3 Å². The third-order valence-corrected chi connectivity index (χ3v) is 6.32. The van der Waals surface area contributed by atoms with Crippen LogP contribution in [0.1, 0.15) is 81.5 Å². The van der Waals surface area contributed by atoms with Crippen LogP contribution in [0.4, 0.5) is 0 Å². The predicted octanol–water partition coefficient (Wildman–Crippen LogP) is 5.45. The second kappa shape index (κ2) is 27.5. The van der Waals surface area contributed by atoms with Gasteiger partial charge in [0.25, 0.3) is 5.91 Å². The van der Waals surface area contributed by atoms with E-state index in [-0.39, 0.29) is 31.2 Å². The molecule has 0 aliphatic heterocycles. The molecule has 1 aromatic heterocycles. The van der Waals surface area contributed by atoms with Crippen molar-refractivity contribution in [3.63, 3.8) is 0 Å². The van der Waals surface area contributed by atoms with Crippen LogP contribution in [0.25, 0.3) is 0 Å². The minimum absolute atomic E-state index is 0.188. The Labute approximate surface area is 268 Å². The second-order valence-electron chi connectivity index (χ2n) is 10.1. The largest absolute Gasteiger partial charge is 0.456 e. The van der Waals surface area contributed by atoms with E-state index in [0.717, 1.165) is 38.5 Å². The molecule has 0 aromatic carbocycles. The van der Waals surface area contributed by atoms with Crippen LogP contribution in [0, 0.1) is 0 Å². The normalized spacial score (nSPS) is 12.9. The Kier molecular flexibility index (Phi) is 23.8. The SMILES string of the molecule is CC/C=C\C/C=C\C/C=C\C/C=C\C/C=C\C/C=C\CCC(=O)NC(CCCNC(=O)c1cccnc1)C(=O)OC(CO)CO. The van der Waals surface area contributed by atoms with E-state index < -0.39 is 31.3 Å². The molecule has 9 nitrogen and oxygen atoms in total. The molecule has 1 aromatic rings. The lowest BCUT2D eigenvalue weighted by molar-refractivity contribution is -0.157. The summed E-state index contributed by atoms with van der Waals surface area (Å²) < 4.78 is 5.12. The van der Waals surface area contributed by atoms with E-state index in [4.69, 9.17) is 4.74 Å². The minimum Gasteiger partial charge on any atom is -0.456 e. The molecule has 9 heteroatoms. The number of ether oxygens (including phenoxy) is 1. The summed E-state index contributed by atoms with van der Waals surface area (Å²) in [7, 11) is 0. The zero-order valence-electron chi connectivity index (χ0n) is 26.6. The number of aromatic nitrogens is 1. The van der Waals surface area contributed by atoms with Crippen molar-refractivity contribution >= 4 is 17.8 Å². The highest BCUT2D eigenvalue weighted by molar-refractivity contribution is 5.93. The predicted molar refractivity (Wildman–Crippen MR) is 179 cm³/mol. The van der Waals surface area contributed by atoms with Gasteiger partial charge in [-0.3, -0.25) is 14.6 Å². The van der Waals surface area contributed by atoms with Crippen LogP contribution in [0.3, 0.4) is 0 Å². The maximum Gasteiger partial charge on any atom is 0.329 e. The number of esters is 1. The zero-order chi connectivity index (χ0) is 32.8. The molecule has 246 valence electrons. The first-order chi connectivity index (χ1) is 22.0. The molecule has 1 heterocycles. The van der Waals surface area contributed by atoms with Gasteiger partial charge in [-0.2, -0.15) is 0 Å². The fraction of sp³-hybridized carbons (Fsp3) is 0.444. The summed E-state index contributed by atoms with van der Waals surface area (Å²) in [5.41, 5.74) is 0.421. The summed E-state index contributed by atoms with van der Waals surface area (Å²) in [6.07, 6.45) is 34.3. The number of aliphatic hydroxyl groups excluding tert-OH is 2. The first-order valence-corrected chi connectivity index (χ1v) is 15.8. The highest BCUT2D eigenvalue weighted by atomic mass is 16.6. The second-order valence-corrected chi connectivity index (χ2v) is 10.1. The fourth-order valence-electron chi connectivity index (χ4n) is 3.86. The molecule has 45 heavy (non-hydrogen) atoms. The summed E-state index contributed by atoms with van der Waals surface area (Å²) in [4.78, 5) is 41.2. The lowest BCUT2D eigenvalue weighted by atomic mass is 10.1. The van der Waals surface area contributed by atoms with E-state index in [0.29, 0.717) is 18.4 Å². The van der Waals surface area contributed by atoms with Crippen LogP contribution in [0.5, 0.6) is 0 Å². The lowest BCUT2D eigenvalue weighted by Gasteiger charge is -2.20. The van der Waals surface area contributed by atoms with Crippen LogP contribution in [-0.4, -0.2) is 64.9 Å². The number of aliphatic hydroxyl groups is 2. The number of carbonyl (C=O) groups excluding carboxylic acids is 3. The molecule has 0 fully saturated rings. The molecule has 1 atom stereocenters. The fourth-order valence-corrected chi connectivity index (χ4v) is 3.86. The molecule has 2 amide bonds. The molecule has 0 saturated carbocycles. The molecule has 0 bridgehead atoms. The number of nitrogens with zero attached hydrogens (tertiary/aromatic N) is 1. The van der Waals surface area contributed by atoms with Gasteiger partial charge in [0.15, 0.2) is 0 Å². The third kappa shape index (κ3) is 21.3. The van der Waals surface area contributed by atoms with E-state index in [2.05, 4.69) is 83.3 Å². The molecule has 0 aliphatic carbocycles. The van der Waals surface area contributed by atoms with Gasteiger partial charge in [0.2, 0.25) is 5.91 Å². The van der Waals surface area contributed by atoms with Crippen LogP contribution in [-0.2, 0) is 14.3 Å². The Hall–Kier alpha value is -4.08. The summed E-state index contributed by atoms with van der Waals surface area (Å²) in [6.45, 7) is 1.34. The van der Waals surface area contributed by atoms with Gasteiger partial charge in [-0.25, -0.2) is 4.79 Å². The molecule has 1 rings (SSSR count). The molecular formula is C36H51N3O6. The van der Waals surface area contributed by atoms with Crippen molar-refractivity contribution in [2.45, 2.75) is 83.3 Å². The Morgan fingerprint density at radius 1 is 0.844 bits per heavy atom. The Morgan fingerprint density at radius 3 is 1.91 bits per heavy atom. The molecule has 0 saturated heterocycles. The monoisotopic (exact) mass is 621 g/mol. The van der Waals surface area contributed by atoms with Crippen molar-refractivity contribution in [2.75, 3.05) is 19.8 Å². The average Bonchev–Trinajstić information content (AvgIpc) is 3.06. The summed E-state index contributed by atoms with van der Waals surface area (Å²) in [6, 6.07) is 2.33. The lowest BCUT2D eigenvalue weighted by Crippen LogP contribution is -2.44. The Balaban J connectivity index is 2.33. The maximum atomic E-state index is 12.6. The van der Waals surface area contributed by atoms with Gasteiger partial charge in [0, 0.05) is 25.4 Å². The van der Waals surface area contributed by atoms with E-state index in [9.17, 15) is 24.6 Å². The van der Waals surface area contributed by atoms with Gasteiger partial charge in [-0.1, -0.05) is 79.8 Å². The maximum absolute atomic E-state index is 12.6. The first kappa shape index (κ1) is 38.9. The van der Waals surface area contributed by atoms with Crippen LogP contribution >= 0.6 is 0 Å². The van der Waals surface area contributed by atoms with Crippen LogP contribution < -0.4 is 10.6 Å². The van der Waals surface area contributed by atoms with Crippen LogP contribution in [0.15, 0.2) is 97.4 Å². The minimum atomic E-state index is -1.07. The standard InChI is InChI=1S/C36H51N3O6/c1-2-3-4-5-6-7-8-9-10-11-12-13-14-15-16-17-18-19-20-25-34(42)39-33(36(44)45-32(29-40)30-41)24-22-27-38-35(43)31-23-21-26-37-28-31/h3-4,6-7,9-10,12-13,15-16,18-19,21,23,26,28,32-33,40-41H,2,5,8,11,14,17,20,22,24-25,27,29-30H2,1H3,(H,38,43)(H,39,42)/b4-3-,7-6-,10-9-,13-12-,16-15-,19-18-. The number of allylic oxidation sites excluding steroid dienone is 12. The Morgan fingerprint density at radius 2 is 1.40 bits per heavy atom. The smallest absolute Gasteiger partial charge is 0.329 e. The zero-order valence-corrected chi connectivity index (χ0v) is 26.6. The van der Waals surface area contributed by atoms with Gasteiger partial charge < -0.3 is 25.6 Å². The highest BCUT2D eigenvalue weighted by Gasteiger charge is 2.24. The van der Waals surface area contributed by atoms with Crippen molar-refractivity contribution in [3.05, 3.63) is 103 Å². The summed E-state index contributed by atoms with van der Waals surface area (Å²) in [5, 5.41) is 23.9. The first-order valence-electron chi connectivity index (χ1n) is 15.8. The number of hydrogen-bond acceptors (Lipinski definition) is 7. The van der Waals surface area contributed by atoms with E-state index in [1.165, 1.54) is 6.20 Å². The third-order valence-electron chi connectivity index (χ3n) is 6.32. The molecule has 0 aliphatic rings. The molecule has 1 unspecified atom stereocenters. The van der Waals surface area contributed by atoms with Crippen molar-refractivity contribution in [3.8, 4) is 0 Å². The van der Waals surface area contributed by atoms with E-state index in [1.807, 2.05) is 12.2 Å². The van der Waals surface area contributed by atoms with E-state index >= 15 is 0 Å². The van der Waals surface area contributed by atoms with Crippen molar-refractivity contribution < 1.29 is 29.3 Å². The number of amides is 2. The molecule has 0 radical (unpaired) electrons. The molecule has 4 N–H and O–H groups in total. The Bertz CT molecular complexity index is 1120. The van der Waals surface area contributed by atoms with Crippen molar-refractivity contribution in [2.24, 2.45) is 0 Å². The number of rotatable bonds is 24. The van der Waals surface area contributed by atoms with Gasteiger partial charge in [-0.05, 0) is 69.9 Å². The number of carbonyl (C=O) groups is 3. The van der Waals surface area contributed by atoms with Gasteiger partial charge in [0.1, 0.15) is 12.1 Å². The highest BCUT2D eigenvalue weighted by Crippen LogP contribution is 2.05. The number of pyridine rings is 1. The average molecular weight is 622 g/mol. The number of nitrogens with one attached hydrogen (secondary N) is 2. The number of hydrogen-bond donors (Lipinski definition) is 4. The molecular weight excluding hydrogens is 570 g/mol. The van der Waals surface area contributed by atoms with Crippen molar-refractivity contribution in [1.29, 1.82) is 0 Å². The van der Waals surface area contributed by atoms with Gasteiger partial charge >= 0.3 is 5.97 Å². The van der Waals surface area contributed by atoms with Crippen molar-refractivity contribution in [1.82, 2.24) is 15.6 Å². The van der Waals surface area contributed by atoms with Crippen LogP contribution in [0.2, 0.25) is 0 Å². The summed E-state index contributed by atoms with van der Waals surface area (Å²) in [5.74, 6) is -1.35.